The van der Waals surface area contributed by atoms with Crippen LogP contribution in [0, 0.1) is 0 Å². The van der Waals surface area contributed by atoms with E-state index in [0.29, 0.717) is 11.3 Å². The summed E-state index contributed by atoms with van der Waals surface area (Å²) in [5.74, 6) is 0. The van der Waals surface area contributed by atoms with E-state index in [1.165, 1.54) is 6.20 Å². The molecule has 0 aliphatic carbocycles. The van der Waals surface area contributed by atoms with Crippen molar-refractivity contribution in [2.24, 2.45) is 0 Å². The molecule has 0 saturated carbocycles. The van der Waals surface area contributed by atoms with Gasteiger partial charge in [-0.25, -0.2) is 4.98 Å². The van der Waals surface area contributed by atoms with Crippen LogP contribution in [0.4, 0.5) is 0 Å². The highest BCUT2D eigenvalue weighted by Gasteiger charge is 2.08. The number of rotatable bonds is 1. The van der Waals surface area contributed by atoms with Gasteiger partial charge >= 0.3 is 0 Å². The number of hydrogen-bond acceptors (Lipinski definition) is 2. The van der Waals surface area contributed by atoms with Crippen LogP contribution in [0.3, 0.4) is 0 Å². The fraction of sp³-hybridized carbons (Fsp3) is 0. The summed E-state index contributed by atoms with van der Waals surface area (Å²) in [4.78, 5) is 14.9. The first-order valence-electron chi connectivity index (χ1n) is 3.51. The van der Waals surface area contributed by atoms with Crippen LogP contribution in [-0.4, -0.2) is 14.6 Å². The second-order valence-electron chi connectivity index (χ2n) is 2.49. The molecule has 2 rings (SSSR count). The first kappa shape index (κ1) is 8.72. The van der Waals surface area contributed by atoms with E-state index in [9.17, 15) is 4.79 Å². The van der Waals surface area contributed by atoms with Crippen LogP contribution in [0.1, 0.15) is 10.5 Å². The van der Waals surface area contributed by atoms with Gasteiger partial charge in [-0.2, -0.15) is 0 Å². The maximum Gasteiger partial charge on any atom is 0.270 e. The van der Waals surface area contributed by atoms with Crippen molar-refractivity contribution in [1.82, 2.24) is 9.38 Å². The van der Waals surface area contributed by atoms with Gasteiger partial charge in [0.25, 0.3) is 5.24 Å². The van der Waals surface area contributed by atoms with E-state index in [4.69, 9.17) is 11.6 Å². The summed E-state index contributed by atoms with van der Waals surface area (Å²) in [5, 5.41) is -0.509. The van der Waals surface area contributed by atoms with Gasteiger partial charge in [0, 0.05) is 10.7 Å². The van der Waals surface area contributed by atoms with E-state index >= 15 is 0 Å². The van der Waals surface area contributed by atoms with E-state index in [2.05, 4.69) is 20.9 Å². The van der Waals surface area contributed by atoms with E-state index in [-0.39, 0.29) is 0 Å². The maximum atomic E-state index is 10.9. The fourth-order valence-electron chi connectivity index (χ4n) is 1.10. The summed E-state index contributed by atoms with van der Waals surface area (Å²) in [6.45, 7) is 0. The molecule has 0 saturated heterocycles. The highest BCUT2D eigenvalue weighted by atomic mass is 79.9. The Morgan fingerprint density at radius 2 is 2.31 bits per heavy atom. The number of imidazole rings is 1. The molecule has 0 amide bonds. The molecule has 0 fully saturated rings. The smallest absolute Gasteiger partial charge is 0.270 e. The van der Waals surface area contributed by atoms with Gasteiger partial charge < -0.3 is 0 Å². The van der Waals surface area contributed by atoms with Crippen LogP contribution in [0.2, 0.25) is 0 Å². The predicted molar refractivity (Wildman–Crippen MR) is 53.1 cm³/mol. The monoisotopic (exact) mass is 258 g/mol. The molecule has 0 aliphatic rings. The summed E-state index contributed by atoms with van der Waals surface area (Å²) < 4.78 is 2.51. The topological polar surface area (TPSA) is 34.4 Å². The molecule has 2 aromatic rings. The summed E-state index contributed by atoms with van der Waals surface area (Å²) in [6.07, 6.45) is 3.20. The number of hydrogen-bond donors (Lipinski definition) is 0. The SMILES string of the molecule is O=C(Cl)c1cnc2ccc(Br)cn12. The van der Waals surface area contributed by atoms with Crippen molar-refractivity contribution in [3.63, 3.8) is 0 Å². The lowest BCUT2D eigenvalue weighted by Gasteiger charge is -1.96. The minimum absolute atomic E-state index is 0.373. The van der Waals surface area contributed by atoms with Gasteiger partial charge in [0.1, 0.15) is 11.3 Å². The molecule has 0 bridgehead atoms. The highest BCUT2D eigenvalue weighted by molar-refractivity contribution is 9.10. The lowest BCUT2D eigenvalue weighted by Crippen LogP contribution is -1.95. The minimum Gasteiger partial charge on any atom is -0.295 e. The van der Waals surface area contributed by atoms with Gasteiger partial charge in [0.15, 0.2) is 0 Å². The highest BCUT2D eigenvalue weighted by Crippen LogP contribution is 2.14. The standard InChI is InChI=1S/C8H4BrClN2O/c9-5-1-2-7-11-3-6(8(10)13)12(7)4-5/h1-4H. The Balaban J connectivity index is 2.79. The Hall–Kier alpha value is -0.870. The number of aromatic nitrogens is 2. The Bertz CT molecular complexity index is 480. The van der Waals surface area contributed by atoms with Crippen LogP contribution < -0.4 is 0 Å². The molecular weight excluding hydrogens is 255 g/mol. The van der Waals surface area contributed by atoms with Crippen LogP contribution in [0.5, 0.6) is 0 Å². The largest absolute Gasteiger partial charge is 0.295 e. The third-order valence-corrected chi connectivity index (χ3v) is 2.33. The molecular formula is C8H4BrClN2O. The normalized spacial score (nSPS) is 10.6. The molecule has 0 N–H and O–H groups in total. The lowest BCUT2D eigenvalue weighted by molar-refractivity contribution is 0.107. The Morgan fingerprint density at radius 3 is 3.00 bits per heavy atom. The number of fused-ring (bicyclic) bond motifs is 1. The van der Waals surface area contributed by atoms with Crippen molar-refractivity contribution in [2.45, 2.75) is 0 Å². The molecule has 5 heteroatoms. The number of pyridine rings is 1. The Kier molecular flexibility index (Phi) is 2.09. The predicted octanol–water partition coefficient (Wildman–Crippen LogP) is 2.48. The Morgan fingerprint density at radius 1 is 1.54 bits per heavy atom. The van der Waals surface area contributed by atoms with Gasteiger partial charge in [-0.05, 0) is 39.7 Å². The number of nitrogens with zero attached hydrogens (tertiary/aromatic N) is 2. The lowest BCUT2D eigenvalue weighted by atomic mass is 10.4. The van der Waals surface area contributed by atoms with Crippen molar-refractivity contribution in [1.29, 1.82) is 0 Å². The summed E-state index contributed by atoms with van der Waals surface area (Å²) in [7, 11) is 0. The molecule has 3 nitrogen and oxygen atoms in total. The second kappa shape index (κ2) is 3.12. The number of carbonyl (C=O) groups excluding carboxylic acids is 1. The minimum atomic E-state index is -0.509. The first-order valence-corrected chi connectivity index (χ1v) is 4.68. The summed E-state index contributed by atoms with van der Waals surface area (Å²) in [6, 6.07) is 3.65. The zero-order chi connectivity index (χ0) is 9.42. The third kappa shape index (κ3) is 1.47. The number of halogens is 2. The fourth-order valence-corrected chi connectivity index (χ4v) is 1.58. The van der Waals surface area contributed by atoms with Gasteiger partial charge in [-0.1, -0.05) is 0 Å². The van der Waals surface area contributed by atoms with E-state index in [1.54, 1.807) is 16.7 Å². The first-order chi connectivity index (χ1) is 6.18. The van der Waals surface area contributed by atoms with E-state index in [1.807, 2.05) is 6.07 Å². The van der Waals surface area contributed by atoms with Gasteiger partial charge in [0.05, 0.1) is 6.20 Å². The van der Waals surface area contributed by atoms with E-state index < -0.39 is 5.24 Å². The second-order valence-corrected chi connectivity index (χ2v) is 3.75. The van der Waals surface area contributed by atoms with Crippen molar-refractivity contribution in [3.8, 4) is 0 Å². The molecule has 0 atom stereocenters. The molecule has 66 valence electrons. The van der Waals surface area contributed by atoms with E-state index in [0.717, 1.165) is 4.47 Å². The van der Waals surface area contributed by atoms with Crippen molar-refractivity contribution >= 4 is 38.4 Å². The van der Waals surface area contributed by atoms with Gasteiger partial charge in [-0.3, -0.25) is 9.20 Å². The molecule has 2 heterocycles. The molecule has 0 radical (unpaired) electrons. The summed E-state index contributed by atoms with van der Waals surface area (Å²) >= 11 is 8.66. The van der Waals surface area contributed by atoms with Crippen LogP contribution in [0.15, 0.2) is 29.0 Å². The number of carbonyl (C=O) groups is 1. The summed E-state index contributed by atoms with van der Waals surface area (Å²) in [5.41, 5.74) is 1.07. The molecule has 2 aromatic heterocycles. The average molecular weight is 259 g/mol. The zero-order valence-corrected chi connectivity index (χ0v) is 8.71. The molecule has 0 aromatic carbocycles. The Labute approximate surface area is 87.5 Å². The van der Waals surface area contributed by atoms with Gasteiger partial charge in [-0.15, -0.1) is 0 Å². The van der Waals surface area contributed by atoms with Crippen molar-refractivity contribution < 1.29 is 4.79 Å². The quantitative estimate of drug-likeness (QED) is 0.737. The average Bonchev–Trinajstić information content (AvgIpc) is 2.46. The van der Waals surface area contributed by atoms with Crippen LogP contribution >= 0.6 is 27.5 Å². The van der Waals surface area contributed by atoms with Crippen molar-refractivity contribution in [3.05, 3.63) is 34.7 Å². The molecule has 13 heavy (non-hydrogen) atoms. The zero-order valence-electron chi connectivity index (χ0n) is 6.37. The maximum absolute atomic E-state index is 10.9. The van der Waals surface area contributed by atoms with Crippen LogP contribution in [-0.2, 0) is 0 Å². The molecule has 0 spiro atoms. The van der Waals surface area contributed by atoms with Crippen LogP contribution in [0.25, 0.3) is 5.65 Å². The van der Waals surface area contributed by atoms with Gasteiger partial charge in [0.2, 0.25) is 0 Å². The molecule has 0 aliphatic heterocycles. The van der Waals surface area contributed by atoms with Crippen molar-refractivity contribution in [2.75, 3.05) is 0 Å². The third-order valence-electron chi connectivity index (χ3n) is 1.67. The molecule has 0 unspecified atom stereocenters.